The van der Waals surface area contributed by atoms with Crippen LogP contribution in [0.1, 0.15) is 11.6 Å². The van der Waals surface area contributed by atoms with Gasteiger partial charge < -0.3 is 25.8 Å². The second kappa shape index (κ2) is 8.27. The minimum atomic E-state index is -0.646. The summed E-state index contributed by atoms with van der Waals surface area (Å²) in [5, 5.41) is 13.5. The van der Waals surface area contributed by atoms with Crippen LogP contribution in [-0.2, 0) is 9.53 Å². The summed E-state index contributed by atoms with van der Waals surface area (Å²) in [5.41, 5.74) is 7.09. The van der Waals surface area contributed by atoms with Crippen LogP contribution in [-0.4, -0.2) is 42.2 Å². The molecule has 0 saturated heterocycles. The molecule has 0 saturated carbocycles. The van der Waals surface area contributed by atoms with Crippen LogP contribution in [0.5, 0.6) is 5.75 Å². The molecule has 142 valence electrons. The largest absolute Gasteiger partial charge is 0.497 e. The average molecular weight is 407 g/mol. The van der Waals surface area contributed by atoms with Crippen LogP contribution < -0.4 is 21.1 Å². The molecule has 1 atom stereocenters. The third-order valence-corrected chi connectivity index (χ3v) is 5.68. The summed E-state index contributed by atoms with van der Waals surface area (Å²) in [6, 6.07) is 6.04. The molecule has 0 bridgehead atoms. The van der Waals surface area contributed by atoms with Crippen LogP contribution in [0.15, 0.2) is 39.9 Å². The van der Waals surface area contributed by atoms with Crippen molar-refractivity contribution in [3.63, 3.8) is 0 Å². The molecule has 0 fully saturated rings. The van der Waals surface area contributed by atoms with Crippen molar-refractivity contribution < 1.29 is 19.1 Å². The summed E-state index contributed by atoms with van der Waals surface area (Å²) in [4.78, 5) is 24.6. The SMILES string of the molecule is COC(=O)C1=C(CSc2nnc(N)s2)NC(=O)NC1c1ccc(OC)cc1. The van der Waals surface area contributed by atoms with E-state index in [-0.39, 0.29) is 0 Å². The van der Waals surface area contributed by atoms with Crippen molar-refractivity contribution in [1.82, 2.24) is 20.8 Å². The maximum atomic E-state index is 12.5. The van der Waals surface area contributed by atoms with Gasteiger partial charge in [0.1, 0.15) is 5.75 Å². The zero-order valence-electron chi connectivity index (χ0n) is 14.5. The molecular formula is C16H17N5O4S2. The van der Waals surface area contributed by atoms with Crippen LogP contribution in [0.3, 0.4) is 0 Å². The van der Waals surface area contributed by atoms with Crippen molar-refractivity contribution in [3.05, 3.63) is 41.1 Å². The molecule has 2 amide bonds. The Kier molecular flexibility index (Phi) is 5.81. The van der Waals surface area contributed by atoms with E-state index in [0.717, 1.165) is 5.56 Å². The van der Waals surface area contributed by atoms with Crippen LogP contribution in [0, 0.1) is 0 Å². The third kappa shape index (κ3) is 4.31. The molecule has 0 radical (unpaired) electrons. The van der Waals surface area contributed by atoms with E-state index in [4.69, 9.17) is 15.2 Å². The van der Waals surface area contributed by atoms with E-state index in [1.165, 1.54) is 30.2 Å². The number of nitrogens with one attached hydrogen (secondary N) is 2. The average Bonchev–Trinajstić information content (AvgIpc) is 3.10. The number of nitrogen functional groups attached to an aromatic ring is 1. The number of ether oxygens (including phenoxy) is 2. The number of esters is 1. The summed E-state index contributed by atoms with van der Waals surface area (Å²) < 4.78 is 10.7. The molecule has 27 heavy (non-hydrogen) atoms. The van der Waals surface area contributed by atoms with Crippen molar-refractivity contribution in [1.29, 1.82) is 0 Å². The van der Waals surface area contributed by atoms with E-state index in [1.807, 2.05) is 0 Å². The highest BCUT2D eigenvalue weighted by Gasteiger charge is 2.33. The van der Waals surface area contributed by atoms with Gasteiger partial charge in [-0.05, 0) is 17.7 Å². The molecule has 4 N–H and O–H groups in total. The molecule has 1 aromatic carbocycles. The summed E-state index contributed by atoms with van der Waals surface area (Å²) >= 11 is 2.55. The molecule has 11 heteroatoms. The van der Waals surface area contributed by atoms with Crippen LogP contribution in [0.4, 0.5) is 9.93 Å². The fourth-order valence-corrected chi connectivity index (χ4v) is 4.15. The second-order valence-corrected chi connectivity index (χ2v) is 7.61. The predicted molar refractivity (Wildman–Crippen MR) is 101 cm³/mol. The number of benzene rings is 1. The van der Waals surface area contributed by atoms with Gasteiger partial charge in [-0.25, -0.2) is 9.59 Å². The van der Waals surface area contributed by atoms with E-state index in [0.29, 0.717) is 32.2 Å². The van der Waals surface area contributed by atoms with Crippen LogP contribution in [0.2, 0.25) is 0 Å². The van der Waals surface area contributed by atoms with E-state index in [2.05, 4.69) is 20.8 Å². The maximum absolute atomic E-state index is 12.5. The van der Waals surface area contributed by atoms with Crippen molar-refractivity contribution in [3.8, 4) is 5.75 Å². The first-order valence-corrected chi connectivity index (χ1v) is 9.56. The van der Waals surface area contributed by atoms with E-state index in [1.54, 1.807) is 31.4 Å². The lowest BCUT2D eigenvalue weighted by Crippen LogP contribution is -2.46. The van der Waals surface area contributed by atoms with Gasteiger partial charge >= 0.3 is 12.0 Å². The van der Waals surface area contributed by atoms with Crippen molar-refractivity contribution in [2.75, 3.05) is 25.7 Å². The van der Waals surface area contributed by atoms with E-state index < -0.39 is 18.0 Å². The lowest BCUT2D eigenvalue weighted by atomic mass is 9.95. The molecule has 1 aliphatic rings. The highest BCUT2D eigenvalue weighted by atomic mass is 32.2. The Balaban J connectivity index is 1.94. The van der Waals surface area contributed by atoms with Crippen molar-refractivity contribution in [2.45, 2.75) is 10.4 Å². The molecule has 1 aliphatic heterocycles. The number of methoxy groups -OCH3 is 2. The predicted octanol–water partition coefficient (Wildman–Crippen LogP) is 1.70. The highest BCUT2D eigenvalue weighted by molar-refractivity contribution is 8.01. The van der Waals surface area contributed by atoms with Gasteiger partial charge in [0.15, 0.2) is 4.34 Å². The van der Waals surface area contributed by atoms with Crippen LogP contribution >= 0.6 is 23.1 Å². The number of anilines is 1. The zero-order chi connectivity index (χ0) is 19.4. The molecule has 3 rings (SSSR count). The number of rotatable bonds is 6. The zero-order valence-corrected chi connectivity index (χ0v) is 16.1. The number of urea groups is 1. The molecule has 9 nitrogen and oxygen atoms in total. The Bertz CT molecular complexity index is 881. The fourth-order valence-electron chi connectivity index (χ4n) is 2.54. The minimum Gasteiger partial charge on any atom is -0.497 e. The number of hydrogen-bond acceptors (Lipinski definition) is 9. The Morgan fingerprint density at radius 1 is 1.30 bits per heavy atom. The fraction of sp³-hybridized carbons (Fsp3) is 0.250. The third-order valence-electron chi connectivity index (χ3n) is 3.77. The van der Waals surface area contributed by atoms with E-state index >= 15 is 0 Å². The number of aromatic nitrogens is 2. The summed E-state index contributed by atoms with van der Waals surface area (Å²) in [7, 11) is 2.86. The van der Waals surface area contributed by atoms with Gasteiger partial charge in [0.2, 0.25) is 5.13 Å². The van der Waals surface area contributed by atoms with Gasteiger partial charge in [-0.1, -0.05) is 35.2 Å². The Labute approximate surface area is 163 Å². The topological polar surface area (TPSA) is 128 Å². The molecule has 0 spiro atoms. The highest BCUT2D eigenvalue weighted by Crippen LogP contribution is 2.32. The molecule has 2 heterocycles. The first-order chi connectivity index (χ1) is 13.0. The maximum Gasteiger partial charge on any atom is 0.338 e. The number of thioether (sulfide) groups is 1. The second-order valence-electron chi connectivity index (χ2n) is 5.38. The van der Waals surface area contributed by atoms with Gasteiger partial charge in [0, 0.05) is 11.4 Å². The van der Waals surface area contributed by atoms with Crippen molar-refractivity contribution >= 4 is 40.2 Å². The monoisotopic (exact) mass is 407 g/mol. The smallest absolute Gasteiger partial charge is 0.338 e. The standard InChI is InChI=1S/C16H17N5O4S2/c1-24-9-5-3-8(4-6-9)12-11(13(22)25-2)10(18-15(23)19-12)7-26-16-21-20-14(17)27-16/h3-6,12H,7H2,1-2H3,(H2,17,20)(H2,18,19,23). The van der Waals surface area contributed by atoms with Gasteiger partial charge in [0.25, 0.3) is 0 Å². The molecule has 1 unspecified atom stereocenters. The van der Waals surface area contributed by atoms with Gasteiger partial charge in [-0.3, -0.25) is 0 Å². The minimum absolute atomic E-state index is 0.305. The first-order valence-electron chi connectivity index (χ1n) is 7.76. The first kappa shape index (κ1) is 19.0. The molecule has 2 aromatic rings. The summed E-state index contributed by atoms with van der Waals surface area (Å²) in [6.07, 6.45) is 0. The lowest BCUT2D eigenvalue weighted by Gasteiger charge is -2.29. The number of carbonyl (C=O) groups is 2. The van der Waals surface area contributed by atoms with E-state index in [9.17, 15) is 9.59 Å². The number of amides is 2. The van der Waals surface area contributed by atoms with Crippen molar-refractivity contribution in [2.24, 2.45) is 0 Å². The normalized spacial score (nSPS) is 16.5. The summed E-state index contributed by atoms with van der Waals surface area (Å²) in [5.74, 6) is 0.446. The van der Waals surface area contributed by atoms with Gasteiger partial charge in [0.05, 0.1) is 25.8 Å². The Morgan fingerprint density at radius 2 is 2.04 bits per heavy atom. The lowest BCUT2D eigenvalue weighted by molar-refractivity contribution is -0.136. The van der Waals surface area contributed by atoms with Crippen LogP contribution in [0.25, 0.3) is 0 Å². The molecule has 1 aromatic heterocycles. The number of nitrogens with zero attached hydrogens (tertiary/aromatic N) is 2. The van der Waals surface area contributed by atoms with Gasteiger partial charge in [-0.15, -0.1) is 10.2 Å². The Morgan fingerprint density at radius 3 is 2.63 bits per heavy atom. The number of hydrogen-bond donors (Lipinski definition) is 3. The quantitative estimate of drug-likeness (QED) is 0.488. The number of nitrogens with two attached hydrogens (primary N) is 1. The summed E-state index contributed by atoms with van der Waals surface area (Å²) in [6.45, 7) is 0. The Hall–Kier alpha value is -2.79. The number of carbonyl (C=O) groups excluding carboxylic acids is 2. The molecule has 0 aliphatic carbocycles. The molecular weight excluding hydrogens is 390 g/mol. The van der Waals surface area contributed by atoms with Gasteiger partial charge in [-0.2, -0.15) is 0 Å².